The predicted octanol–water partition coefficient (Wildman–Crippen LogP) is 3.44. The van der Waals surface area contributed by atoms with Crippen LogP contribution in [0.3, 0.4) is 0 Å². The van der Waals surface area contributed by atoms with Crippen LogP contribution in [0, 0.1) is 0 Å². The molecule has 0 radical (unpaired) electrons. The van der Waals surface area contributed by atoms with Crippen molar-refractivity contribution in [3.05, 3.63) is 22.3 Å². The van der Waals surface area contributed by atoms with Crippen LogP contribution in [0.15, 0.2) is 12.3 Å². The van der Waals surface area contributed by atoms with E-state index in [1.807, 2.05) is 0 Å². The number of halogens is 2. The third-order valence-electron chi connectivity index (χ3n) is 3.74. The molecule has 0 aliphatic carbocycles. The van der Waals surface area contributed by atoms with Gasteiger partial charge in [-0.15, -0.1) is 0 Å². The standard InChI is InChI=1S/C13H16Cl2N2O/c14-11-6-13(16-7-12(11)15)18-10-4-8-2-1-3-9(5-10)17-8/h6-10,17H,1-5H2/t8-,9-/m0/s1. The van der Waals surface area contributed by atoms with Crippen molar-refractivity contribution in [1.82, 2.24) is 10.3 Å². The van der Waals surface area contributed by atoms with Gasteiger partial charge in [-0.1, -0.05) is 29.6 Å². The Morgan fingerprint density at radius 1 is 1.17 bits per heavy atom. The Bertz CT molecular complexity index is 429. The van der Waals surface area contributed by atoms with E-state index in [-0.39, 0.29) is 6.10 Å². The molecule has 0 aromatic carbocycles. The average molecular weight is 287 g/mol. The molecule has 0 unspecified atom stereocenters. The fourth-order valence-electron chi connectivity index (χ4n) is 2.94. The van der Waals surface area contributed by atoms with E-state index in [2.05, 4.69) is 10.3 Å². The summed E-state index contributed by atoms with van der Waals surface area (Å²) in [6.45, 7) is 0. The van der Waals surface area contributed by atoms with E-state index in [0.29, 0.717) is 28.0 Å². The van der Waals surface area contributed by atoms with Crippen LogP contribution in [0.1, 0.15) is 32.1 Å². The lowest BCUT2D eigenvalue weighted by Gasteiger charge is -2.40. The summed E-state index contributed by atoms with van der Waals surface area (Å²) >= 11 is 11.8. The van der Waals surface area contributed by atoms with Gasteiger partial charge in [0.1, 0.15) is 6.10 Å². The van der Waals surface area contributed by atoms with Gasteiger partial charge in [-0.2, -0.15) is 0 Å². The van der Waals surface area contributed by atoms with E-state index in [4.69, 9.17) is 27.9 Å². The fraction of sp³-hybridized carbons (Fsp3) is 0.615. The number of aromatic nitrogens is 1. The molecular formula is C13H16Cl2N2O. The van der Waals surface area contributed by atoms with Crippen LogP contribution in [0.2, 0.25) is 10.0 Å². The Labute approximate surface area is 117 Å². The summed E-state index contributed by atoms with van der Waals surface area (Å²) in [6, 6.07) is 2.90. The van der Waals surface area contributed by atoms with Gasteiger partial charge in [-0.3, -0.25) is 0 Å². The quantitative estimate of drug-likeness (QED) is 0.904. The second-order valence-corrected chi connectivity index (χ2v) is 5.95. The van der Waals surface area contributed by atoms with Crippen LogP contribution in [0.25, 0.3) is 0 Å². The van der Waals surface area contributed by atoms with Gasteiger partial charge in [0.05, 0.1) is 16.2 Å². The number of rotatable bonds is 2. The highest BCUT2D eigenvalue weighted by atomic mass is 35.5. The highest BCUT2D eigenvalue weighted by molar-refractivity contribution is 6.41. The van der Waals surface area contributed by atoms with E-state index in [0.717, 1.165) is 12.8 Å². The minimum Gasteiger partial charge on any atom is -0.474 e. The highest BCUT2D eigenvalue weighted by Crippen LogP contribution is 2.30. The highest BCUT2D eigenvalue weighted by Gasteiger charge is 2.32. The first-order valence-electron chi connectivity index (χ1n) is 6.44. The smallest absolute Gasteiger partial charge is 0.215 e. The summed E-state index contributed by atoms with van der Waals surface area (Å²) in [7, 11) is 0. The number of hydrogen-bond donors (Lipinski definition) is 1. The molecule has 2 atom stereocenters. The monoisotopic (exact) mass is 286 g/mol. The Morgan fingerprint density at radius 2 is 1.89 bits per heavy atom. The molecule has 0 amide bonds. The van der Waals surface area contributed by atoms with Crippen molar-refractivity contribution in [3.63, 3.8) is 0 Å². The zero-order valence-corrected chi connectivity index (χ0v) is 11.5. The molecule has 3 rings (SSSR count). The van der Waals surface area contributed by atoms with Crippen molar-refractivity contribution < 1.29 is 4.74 Å². The molecule has 2 bridgehead atoms. The van der Waals surface area contributed by atoms with Gasteiger partial charge in [0.25, 0.3) is 0 Å². The normalized spacial score (nSPS) is 31.1. The van der Waals surface area contributed by atoms with Crippen molar-refractivity contribution in [2.75, 3.05) is 0 Å². The lowest BCUT2D eigenvalue weighted by atomic mass is 9.85. The number of ether oxygens (including phenoxy) is 1. The van der Waals surface area contributed by atoms with E-state index >= 15 is 0 Å². The van der Waals surface area contributed by atoms with Gasteiger partial charge < -0.3 is 10.1 Å². The Morgan fingerprint density at radius 3 is 2.56 bits per heavy atom. The molecule has 1 aromatic heterocycles. The molecule has 2 fully saturated rings. The summed E-state index contributed by atoms with van der Waals surface area (Å²) in [6.07, 6.45) is 7.74. The first-order chi connectivity index (χ1) is 8.70. The minimum absolute atomic E-state index is 0.242. The summed E-state index contributed by atoms with van der Waals surface area (Å²) < 4.78 is 5.93. The average Bonchev–Trinajstić information content (AvgIpc) is 2.33. The first kappa shape index (κ1) is 12.5. The molecule has 18 heavy (non-hydrogen) atoms. The topological polar surface area (TPSA) is 34.1 Å². The molecule has 5 heteroatoms. The van der Waals surface area contributed by atoms with Gasteiger partial charge in [0.2, 0.25) is 5.88 Å². The maximum atomic E-state index is 5.96. The SMILES string of the molecule is Clc1cnc(OC2C[C@@H]3CCC[C@@H](C2)N3)cc1Cl. The van der Waals surface area contributed by atoms with E-state index < -0.39 is 0 Å². The van der Waals surface area contributed by atoms with Crippen molar-refractivity contribution >= 4 is 23.2 Å². The summed E-state index contributed by atoms with van der Waals surface area (Å²) in [4.78, 5) is 4.17. The van der Waals surface area contributed by atoms with Crippen molar-refractivity contribution in [2.45, 2.75) is 50.3 Å². The molecule has 2 aliphatic heterocycles. The molecule has 2 aliphatic rings. The molecule has 3 nitrogen and oxygen atoms in total. The van der Waals surface area contributed by atoms with Crippen LogP contribution in [0.5, 0.6) is 5.88 Å². The fourth-order valence-corrected chi connectivity index (χ4v) is 3.19. The van der Waals surface area contributed by atoms with Crippen molar-refractivity contribution in [3.8, 4) is 5.88 Å². The van der Waals surface area contributed by atoms with Gasteiger partial charge >= 0.3 is 0 Å². The Hall–Kier alpha value is -0.510. The van der Waals surface area contributed by atoms with E-state index in [1.54, 1.807) is 12.3 Å². The van der Waals surface area contributed by atoms with E-state index in [1.165, 1.54) is 19.3 Å². The number of hydrogen-bond acceptors (Lipinski definition) is 3. The summed E-state index contributed by atoms with van der Waals surface area (Å²) in [5, 5.41) is 4.60. The second kappa shape index (κ2) is 5.24. The van der Waals surface area contributed by atoms with Gasteiger partial charge in [0.15, 0.2) is 0 Å². The second-order valence-electron chi connectivity index (χ2n) is 5.14. The van der Waals surface area contributed by atoms with Gasteiger partial charge in [-0.05, 0) is 25.7 Å². The summed E-state index contributed by atoms with van der Waals surface area (Å²) in [5.74, 6) is 0.578. The van der Waals surface area contributed by atoms with Gasteiger partial charge in [-0.25, -0.2) is 4.98 Å². The molecule has 1 N–H and O–H groups in total. The van der Waals surface area contributed by atoms with Crippen LogP contribution < -0.4 is 10.1 Å². The predicted molar refractivity (Wildman–Crippen MR) is 72.5 cm³/mol. The molecule has 1 aromatic rings. The van der Waals surface area contributed by atoms with Crippen molar-refractivity contribution in [1.29, 1.82) is 0 Å². The van der Waals surface area contributed by atoms with E-state index in [9.17, 15) is 0 Å². The molecule has 98 valence electrons. The van der Waals surface area contributed by atoms with Crippen LogP contribution in [-0.4, -0.2) is 23.2 Å². The molecule has 0 spiro atoms. The maximum absolute atomic E-state index is 5.96. The maximum Gasteiger partial charge on any atom is 0.215 e. The third kappa shape index (κ3) is 2.73. The van der Waals surface area contributed by atoms with Crippen LogP contribution in [0.4, 0.5) is 0 Å². The zero-order chi connectivity index (χ0) is 12.5. The number of nitrogens with one attached hydrogen (secondary N) is 1. The zero-order valence-electron chi connectivity index (χ0n) is 10.0. The molecule has 0 saturated carbocycles. The van der Waals surface area contributed by atoms with Crippen LogP contribution >= 0.6 is 23.2 Å². The van der Waals surface area contributed by atoms with Gasteiger partial charge in [0, 0.05) is 18.2 Å². The number of fused-ring (bicyclic) bond motifs is 2. The first-order valence-corrected chi connectivity index (χ1v) is 7.20. The number of piperidine rings is 2. The number of pyridine rings is 1. The molecule has 2 saturated heterocycles. The Kier molecular flexibility index (Phi) is 3.64. The lowest BCUT2D eigenvalue weighted by Crippen LogP contribution is -2.51. The largest absolute Gasteiger partial charge is 0.474 e. The number of nitrogens with zero attached hydrogens (tertiary/aromatic N) is 1. The molecular weight excluding hydrogens is 271 g/mol. The summed E-state index contributed by atoms with van der Waals surface area (Å²) in [5.41, 5.74) is 0. The lowest BCUT2D eigenvalue weighted by molar-refractivity contribution is 0.0890. The Balaban J connectivity index is 1.67. The van der Waals surface area contributed by atoms with Crippen molar-refractivity contribution in [2.24, 2.45) is 0 Å². The molecule has 3 heterocycles. The minimum atomic E-state index is 0.242. The van der Waals surface area contributed by atoms with Crippen LogP contribution in [-0.2, 0) is 0 Å². The third-order valence-corrected chi connectivity index (χ3v) is 4.45.